The number of ether oxygens (including phenoxy) is 2. The van der Waals surface area contributed by atoms with Crippen LogP contribution in [-0.4, -0.2) is 25.7 Å². The molecule has 0 bridgehead atoms. The summed E-state index contributed by atoms with van der Waals surface area (Å²) in [5.41, 5.74) is 3.20. The molecule has 0 saturated carbocycles. The van der Waals surface area contributed by atoms with Crippen molar-refractivity contribution in [2.24, 2.45) is 0 Å². The molecule has 0 saturated heterocycles. The van der Waals surface area contributed by atoms with Crippen LogP contribution in [0.2, 0.25) is 0 Å². The van der Waals surface area contributed by atoms with Gasteiger partial charge in [0.05, 0.1) is 19.9 Å². The molecule has 4 nitrogen and oxygen atoms in total. The second-order valence-electron chi connectivity index (χ2n) is 6.18. The molecule has 0 amide bonds. The molecule has 0 atom stereocenters. The van der Waals surface area contributed by atoms with E-state index >= 15 is 0 Å². The van der Waals surface area contributed by atoms with Crippen molar-refractivity contribution < 1.29 is 9.47 Å². The highest BCUT2D eigenvalue weighted by molar-refractivity contribution is 6.04. The zero-order valence-electron chi connectivity index (χ0n) is 14.8. The molecule has 2 aromatic rings. The second kappa shape index (κ2) is 7.56. The molecule has 0 aliphatic carbocycles. The molecular weight excluding hydrogens is 300 g/mol. The van der Waals surface area contributed by atoms with Crippen molar-refractivity contribution >= 4 is 22.7 Å². The minimum atomic E-state index is 0.705. The number of hydrogen-bond donors (Lipinski definition) is 0. The van der Waals surface area contributed by atoms with Crippen molar-refractivity contribution in [1.29, 1.82) is 0 Å². The summed E-state index contributed by atoms with van der Waals surface area (Å²) < 4.78 is 11.0. The highest BCUT2D eigenvalue weighted by Gasteiger charge is 2.21. The summed E-state index contributed by atoms with van der Waals surface area (Å²) in [6, 6.07) is 4.12. The maximum absolute atomic E-state index is 5.56. The number of methoxy groups -OCH3 is 2. The summed E-state index contributed by atoms with van der Waals surface area (Å²) in [7, 11) is 3.33. The van der Waals surface area contributed by atoms with Crippen LogP contribution in [0.25, 0.3) is 17.0 Å². The Hall–Kier alpha value is -2.23. The predicted octanol–water partition coefficient (Wildman–Crippen LogP) is 5.01. The van der Waals surface area contributed by atoms with Crippen molar-refractivity contribution in [3.63, 3.8) is 0 Å². The first-order valence-corrected chi connectivity index (χ1v) is 8.78. The van der Waals surface area contributed by atoms with Crippen LogP contribution in [0.1, 0.15) is 44.6 Å². The molecule has 0 radical (unpaired) electrons. The molecule has 2 heterocycles. The fourth-order valence-electron chi connectivity index (χ4n) is 3.35. The Balaban J connectivity index is 1.91. The van der Waals surface area contributed by atoms with Crippen LogP contribution < -0.4 is 14.4 Å². The quantitative estimate of drug-likeness (QED) is 0.638. The van der Waals surface area contributed by atoms with Gasteiger partial charge in [-0.05, 0) is 30.2 Å². The van der Waals surface area contributed by atoms with Gasteiger partial charge in [0.15, 0.2) is 11.5 Å². The number of unbranched alkanes of at least 4 members (excludes halogenated alkanes) is 4. The van der Waals surface area contributed by atoms with Crippen LogP contribution >= 0.6 is 0 Å². The zero-order chi connectivity index (χ0) is 16.9. The second-order valence-corrected chi connectivity index (χ2v) is 6.18. The number of rotatable bonds is 8. The summed E-state index contributed by atoms with van der Waals surface area (Å²) in [6.07, 6.45) is 12.6. The van der Waals surface area contributed by atoms with Gasteiger partial charge < -0.3 is 14.4 Å². The standard InChI is InChI=1S/C20H26N2O2/c1-4-5-6-7-8-12-22-13-10-15-14-17(23-2)20(24-3)19-18(15)16(22)9-11-21-19/h9-11,13-14H,4-8,12H2,1-3H3. The van der Waals surface area contributed by atoms with E-state index in [1.807, 2.05) is 12.3 Å². The molecule has 0 spiro atoms. The molecule has 0 unspecified atom stereocenters. The summed E-state index contributed by atoms with van der Waals surface area (Å²) in [5, 5.41) is 1.14. The van der Waals surface area contributed by atoms with E-state index in [0.29, 0.717) is 5.75 Å². The zero-order valence-corrected chi connectivity index (χ0v) is 14.8. The van der Waals surface area contributed by atoms with Gasteiger partial charge in [-0.1, -0.05) is 32.6 Å². The molecule has 0 fully saturated rings. The largest absolute Gasteiger partial charge is 0.493 e. The maximum Gasteiger partial charge on any atom is 0.187 e. The summed E-state index contributed by atoms with van der Waals surface area (Å²) >= 11 is 0. The van der Waals surface area contributed by atoms with Crippen molar-refractivity contribution in [2.75, 3.05) is 25.7 Å². The number of nitrogens with zero attached hydrogens (tertiary/aromatic N) is 2. The van der Waals surface area contributed by atoms with Gasteiger partial charge in [0.25, 0.3) is 0 Å². The van der Waals surface area contributed by atoms with Crippen molar-refractivity contribution in [3.8, 4) is 11.5 Å². The van der Waals surface area contributed by atoms with Gasteiger partial charge in [-0.15, -0.1) is 0 Å². The van der Waals surface area contributed by atoms with Crippen LogP contribution in [0.4, 0.5) is 5.69 Å². The number of aromatic nitrogens is 1. The normalized spacial score (nSPS) is 12.7. The van der Waals surface area contributed by atoms with E-state index in [9.17, 15) is 0 Å². The Bertz CT molecular complexity index is 740. The lowest BCUT2D eigenvalue weighted by Gasteiger charge is -2.27. The van der Waals surface area contributed by atoms with E-state index in [1.54, 1.807) is 14.2 Å². The van der Waals surface area contributed by atoms with Crippen molar-refractivity contribution in [2.45, 2.75) is 39.0 Å². The van der Waals surface area contributed by atoms with Gasteiger partial charge in [-0.3, -0.25) is 4.98 Å². The van der Waals surface area contributed by atoms with Crippen LogP contribution in [0.15, 0.2) is 24.5 Å². The molecule has 24 heavy (non-hydrogen) atoms. The van der Waals surface area contributed by atoms with Gasteiger partial charge in [-0.25, -0.2) is 0 Å². The van der Waals surface area contributed by atoms with Crippen molar-refractivity contribution in [1.82, 2.24) is 4.98 Å². The first-order valence-electron chi connectivity index (χ1n) is 8.78. The van der Waals surface area contributed by atoms with Crippen LogP contribution in [0, 0.1) is 0 Å². The lowest BCUT2D eigenvalue weighted by atomic mass is 10.0. The van der Waals surface area contributed by atoms with E-state index in [4.69, 9.17) is 9.47 Å². The fourth-order valence-corrected chi connectivity index (χ4v) is 3.35. The van der Waals surface area contributed by atoms with Crippen LogP contribution in [-0.2, 0) is 0 Å². The Kier molecular flexibility index (Phi) is 5.24. The molecule has 1 aliphatic heterocycles. The maximum atomic E-state index is 5.56. The highest BCUT2D eigenvalue weighted by atomic mass is 16.5. The summed E-state index contributed by atoms with van der Waals surface area (Å²) in [6.45, 7) is 3.28. The Morgan fingerprint density at radius 1 is 1.08 bits per heavy atom. The third-order valence-corrected chi connectivity index (χ3v) is 4.61. The number of anilines is 1. The van der Waals surface area contributed by atoms with E-state index < -0.39 is 0 Å². The molecular formula is C20H26N2O2. The molecule has 3 rings (SSSR count). The molecule has 0 N–H and O–H groups in total. The van der Waals surface area contributed by atoms with Gasteiger partial charge in [0, 0.05) is 24.3 Å². The Labute approximate surface area is 144 Å². The Morgan fingerprint density at radius 3 is 2.67 bits per heavy atom. The number of benzene rings is 1. The topological polar surface area (TPSA) is 34.6 Å². The monoisotopic (exact) mass is 326 g/mol. The molecule has 128 valence electrons. The first-order chi connectivity index (χ1) is 11.8. The number of pyridine rings is 1. The molecule has 1 aromatic carbocycles. The van der Waals surface area contributed by atoms with E-state index in [1.165, 1.54) is 37.8 Å². The Morgan fingerprint density at radius 2 is 1.92 bits per heavy atom. The predicted molar refractivity (Wildman–Crippen MR) is 100.0 cm³/mol. The van der Waals surface area contributed by atoms with E-state index in [-0.39, 0.29) is 0 Å². The average Bonchev–Trinajstić information content (AvgIpc) is 2.62. The minimum Gasteiger partial charge on any atom is -0.493 e. The third kappa shape index (κ3) is 3.05. The van der Waals surface area contributed by atoms with Gasteiger partial charge >= 0.3 is 0 Å². The summed E-state index contributed by atoms with van der Waals surface area (Å²) in [5.74, 6) is 1.43. The van der Waals surface area contributed by atoms with E-state index in [2.05, 4.69) is 35.1 Å². The van der Waals surface area contributed by atoms with Crippen LogP contribution in [0.3, 0.4) is 0 Å². The lowest BCUT2D eigenvalue weighted by Crippen LogP contribution is -2.20. The average molecular weight is 326 g/mol. The molecule has 1 aromatic heterocycles. The van der Waals surface area contributed by atoms with Gasteiger partial charge in [0.2, 0.25) is 0 Å². The smallest absolute Gasteiger partial charge is 0.187 e. The fraction of sp³-hybridized carbons (Fsp3) is 0.450. The van der Waals surface area contributed by atoms with E-state index in [0.717, 1.165) is 28.8 Å². The highest BCUT2D eigenvalue weighted by Crippen LogP contribution is 2.42. The van der Waals surface area contributed by atoms with Crippen LogP contribution in [0.5, 0.6) is 11.5 Å². The molecule has 4 heteroatoms. The van der Waals surface area contributed by atoms with Gasteiger partial charge in [0.1, 0.15) is 5.52 Å². The number of hydrogen-bond acceptors (Lipinski definition) is 4. The van der Waals surface area contributed by atoms with Gasteiger partial charge in [-0.2, -0.15) is 0 Å². The third-order valence-electron chi connectivity index (χ3n) is 4.61. The SMILES string of the molecule is CCCCCCCN1C=Cc2cc(OC)c(OC)c3nccc1c23. The molecule has 1 aliphatic rings. The van der Waals surface area contributed by atoms with Crippen molar-refractivity contribution in [3.05, 3.63) is 30.1 Å². The first kappa shape index (κ1) is 16.6. The minimum absolute atomic E-state index is 0.705. The lowest BCUT2D eigenvalue weighted by molar-refractivity contribution is 0.358. The summed E-state index contributed by atoms with van der Waals surface area (Å²) in [4.78, 5) is 6.88.